The first-order valence-corrected chi connectivity index (χ1v) is 7.17. The summed E-state index contributed by atoms with van der Waals surface area (Å²) in [5.41, 5.74) is 1.37. The van der Waals surface area contributed by atoms with Gasteiger partial charge >= 0.3 is 0 Å². The van der Waals surface area contributed by atoms with Gasteiger partial charge in [0.25, 0.3) is 5.91 Å². The van der Waals surface area contributed by atoms with Crippen molar-refractivity contribution in [2.75, 3.05) is 11.9 Å². The molecule has 1 amide bonds. The molecular weight excluding hydrogens is 365 g/mol. The van der Waals surface area contributed by atoms with Gasteiger partial charge in [0, 0.05) is 14.8 Å². The molecule has 0 saturated carbocycles. The van der Waals surface area contributed by atoms with Crippen molar-refractivity contribution in [2.45, 2.75) is 0 Å². The highest BCUT2D eigenvalue weighted by Crippen LogP contribution is 2.17. The summed E-state index contributed by atoms with van der Waals surface area (Å²) in [5, 5.41) is 2.84. The van der Waals surface area contributed by atoms with Crippen molar-refractivity contribution < 1.29 is 9.53 Å². The van der Waals surface area contributed by atoms with Crippen LogP contribution in [0.25, 0.3) is 0 Å². The molecule has 0 heterocycles. The summed E-state index contributed by atoms with van der Waals surface area (Å²) in [5.74, 6) is 0.623. The first kappa shape index (κ1) is 14.6. The summed E-state index contributed by atoms with van der Waals surface area (Å²) >= 11 is 2.21. The Morgan fingerprint density at radius 1 is 1.15 bits per heavy atom. The molecule has 20 heavy (non-hydrogen) atoms. The fourth-order valence-electron chi connectivity index (χ4n) is 1.59. The van der Waals surface area contributed by atoms with Crippen LogP contribution in [-0.4, -0.2) is 12.5 Å². The Labute approximate surface area is 131 Å². The number of halogens is 1. The van der Waals surface area contributed by atoms with E-state index in [1.165, 1.54) is 0 Å². The van der Waals surface area contributed by atoms with Crippen LogP contribution in [0.3, 0.4) is 0 Å². The van der Waals surface area contributed by atoms with Crippen LogP contribution in [0, 0.1) is 3.57 Å². The van der Waals surface area contributed by atoms with E-state index in [-0.39, 0.29) is 5.91 Å². The maximum atomic E-state index is 12.0. The summed E-state index contributed by atoms with van der Waals surface area (Å²) in [6.07, 6.45) is 1.69. The van der Waals surface area contributed by atoms with E-state index in [9.17, 15) is 4.79 Å². The van der Waals surface area contributed by atoms with Gasteiger partial charge in [-0.2, -0.15) is 0 Å². The van der Waals surface area contributed by atoms with Crippen molar-refractivity contribution in [3.05, 3.63) is 70.3 Å². The molecule has 3 nitrogen and oxygen atoms in total. The standard InChI is InChI=1S/C16H14INO2/c1-2-11-20-15-9-7-14(8-10-15)18-16(19)12-3-5-13(17)6-4-12/h2-10H,1,11H2,(H,18,19). The van der Waals surface area contributed by atoms with Gasteiger partial charge in [-0.15, -0.1) is 0 Å². The smallest absolute Gasteiger partial charge is 0.255 e. The number of ether oxygens (including phenoxy) is 1. The molecule has 2 aromatic rings. The average Bonchev–Trinajstić information content (AvgIpc) is 2.47. The zero-order valence-corrected chi connectivity index (χ0v) is 13.0. The van der Waals surface area contributed by atoms with E-state index in [1.54, 1.807) is 18.2 Å². The largest absolute Gasteiger partial charge is 0.490 e. The van der Waals surface area contributed by atoms with Crippen LogP contribution in [0.4, 0.5) is 5.69 Å². The second kappa shape index (κ2) is 7.09. The Morgan fingerprint density at radius 2 is 1.80 bits per heavy atom. The van der Waals surface area contributed by atoms with Gasteiger partial charge < -0.3 is 10.1 Å². The maximum absolute atomic E-state index is 12.0. The number of carbonyl (C=O) groups is 1. The number of carbonyl (C=O) groups excluding carboxylic acids is 1. The third-order valence-corrected chi connectivity index (χ3v) is 3.31. The molecule has 0 bridgehead atoms. The molecule has 0 aliphatic carbocycles. The minimum Gasteiger partial charge on any atom is -0.490 e. The van der Waals surface area contributed by atoms with Gasteiger partial charge in [0.1, 0.15) is 12.4 Å². The van der Waals surface area contributed by atoms with Crippen LogP contribution >= 0.6 is 22.6 Å². The molecule has 0 spiro atoms. The summed E-state index contributed by atoms with van der Waals surface area (Å²) in [7, 11) is 0. The lowest BCUT2D eigenvalue weighted by molar-refractivity contribution is 0.102. The van der Waals surface area contributed by atoms with Crippen molar-refractivity contribution in [1.29, 1.82) is 0 Å². The fourth-order valence-corrected chi connectivity index (χ4v) is 1.95. The summed E-state index contributed by atoms with van der Waals surface area (Å²) in [6.45, 7) is 4.06. The third-order valence-electron chi connectivity index (χ3n) is 2.59. The first-order valence-electron chi connectivity index (χ1n) is 6.10. The van der Waals surface area contributed by atoms with Gasteiger partial charge in [-0.1, -0.05) is 12.7 Å². The second-order valence-corrected chi connectivity index (χ2v) is 5.33. The number of nitrogens with one attached hydrogen (secondary N) is 1. The molecule has 0 unspecified atom stereocenters. The highest BCUT2D eigenvalue weighted by Gasteiger charge is 2.05. The molecule has 0 radical (unpaired) electrons. The predicted octanol–water partition coefficient (Wildman–Crippen LogP) is 4.11. The van der Waals surface area contributed by atoms with E-state index in [1.807, 2.05) is 36.4 Å². The maximum Gasteiger partial charge on any atom is 0.255 e. The number of hydrogen-bond acceptors (Lipinski definition) is 2. The third kappa shape index (κ3) is 4.09. The lowest BCUT2D eigenvalue weighted by atomic mass is 10.2. The van der Waals surface area contributed by atoms with Crippen molar-refractivity contribution in [2.24, 2.45) is 0 Å². The molecule has 0 atom stereocenters. The zero-order chi connectivity index (χ0) is 14.4. The van der Waals surface area contributed by atoms with Crippen molar-refractivity contribution in [3.8, 4) is 5.75 Å². The molecule has 1 N–H and O–H groups in total. The van der Waals surface area contributed by atoms with Crippen LogP contribution in [0.2, 0.25) is 0 Å². The molecule has 0 aliphatic rings. The summed E-state index contributed by atoms with van der Waals surface area (Å²) in [4.78, 5) is 12.0. The van der Waals surface area contributed by atoms with Gasteiger partial charge in [-0.3, -0.25) is 4.79 Å². The molecule has 0 aliphatic heterocycles. The SMILES string of the molecule is C=CCOc1ccc(NC(=O)c2ccc(I)cc2)cc1. The number of benzene rings is 2. The molecule has 0 aromatic heterocycles. The predicted molar refractivity (Wildman–Crippen MR) is 89.2 cm³/mol. The number of amides is 1. The fraction of sp³-hybridized carbons (Fsp3) is 0.0625. The summed E-state index contributed by atoms with van der Waals surface area (Å²) in [6, 6.07) is 14.7. The van der Waals surface area contributed by atoms with Gasteiger partial charge in [-0.25, -0.2) is 0 Å². The second-order valence-electron chi connectivity index (χ2n) is 4.09. The van der Waals surface area contributed by atoms with Crippen LogP contribution in [0.1, 0.15) is 10.4 Å². The Morgan fingerprint density at radius 3 is 2.40 bits per heavy atom. The topological polar surface area (TPSA) is 38.3 Å². The monoisotopic (exact) mass is 379 g/mol. The van der Waals surface area contributed by atoms with Crippen molar-refractivity contribution in [1.82, 2.24) is 0 Å². The van der Waals surface area contributed by atoms with Gasteiger partial charge in [0.2, 0.25) is 0 Å². The van der Waals surface area contributed by atoms with E-state index < -0.39 is 0 Å². The lowest BCUT2D eigenvalue weighted by Crippen LogP contribution is -2.11. The minimum absolute atomic E-state index is 0.124. The highest BCUT2D eigenvalue weighted by molar-refractivity contribution is 14.1. The molecular formula is C16H14INO2. The van der Waals surface area contributed by atoms with E-state index in [0.717, 1.165) is 15.0 Å². The van der Waals surface area contributed by atoms with Crippen LogP contribution in [0.15, 0.2) is 61.2 Å². The lowest BCUT2D eigenvalue weighted by Gasteiger charge is -2.07. The van der Waals surface area contributed by atoms with Crippen LogP contribution in [-0.2, 0) is 0 Å². The highest BCUT2D eigenvalue weighted by atomic mass is 127. The molecule has 102 valence electrons. The van der Waals surface area contributed by atoms with Gasteiger partial charge in [0.05, 0.1) is 0 Å². The molecule has 2 aromatic carbocycles. The minimum atomic E-state index is -0.124. The van der Waals surface area contributed by atoms with E-state index >= 15 is 0 Å². The Bertz CT molecular complexity index is 591. The Balaban J connectivity index is 2.00. The molecule has 0 fully saturated rings. The Kier molecular flexibility index (Phi) is 5.17. The van der Waals surface area contributed by atoms with Crippen LogP contribution < -0.4 is 10.1 Å². The Hall–Kier alpha value is -1.82. The quantitative estimate of drug-likeness (QED) is 0.627. The van der Waals surface area contributed by atoms with Gasteiger partial charge in [-0.05, 0) is 71.1 Å². The van der Waals surface area contributed by atoms with Gasteiger partial charge in [0.15, 0.2) is 0 Å². The molecule has 0 saturated heterocycles. The normalized spacial score (nSPS) is 9.85. The van der Waals surface area contributed by atoms with Crippen LogP contribution in [0.5, 0.6) is 5.75 Å². The van der Waals surface area contributed by atoms with Crippen molar-refractivity contribution in [3.63, 3.8) is 0 Å². The summed E-state index contributed by atoms with van der Waals surface area (Å²) < 4.78 is 6.48. The van der Waals surface area contributed by atoms with E-state index in [0.29, 0.717) is 12.2 Å². The van der Waals surface area contributed by atoms with E-state index in [2.05, 4.69) is 34.5 Å². The number of hydrogen-bond donors (Lipinski definition) is 1. The number of rotatable bonds is 5. The first-order chi connectivity index (χ1) is 9.69. The average molecular weight is 379 g/mol. The molecule has 2 rings (SSSR count). The zero-order valence-electron chi connectivity index (χ0n) is 10.8. The van der Waals surface area contributed by atoms with E-state index in [4.69, 9.17) is 4.74 Å². The number of anilines is 1. The molecule has 4 heteroatoms. The van der Waals surface area contributed by atoms with Crippen molar-refractivity contribution >= 4 is 34.2 Å².